The fraction of sp³-hybridized carbons (Fsp3) is 0.455. The molecule has 1 aromatic rings. The van der Waals surface area contributed by atoms with Gasteiger partial charge in [0.05, 0.1) is 5.02 Å². The number of rotatable bonds is 4. The molecule has 0 heterocycles. The summed E-state index contributed by atoms with van der Waals surface area (Å²) in [6, 6.07) is 5.04. The number of hydrogen-bond acceptors (Lipinski definition) is 1. The second kappa shape index (κ2) is 4.28. The van der Waals surface area contributed by atoms with Gasteiger partial charge >= 0.3 is 0 Å². The zero-order valence-corrected chi connectivity index (χ0v) is 9.71. The largest absolute Gasteiger partial charge is 0.306 e. The van der Waals surface area contributed by atoms with E-state index in [0.29, 0.717) is 18.0 Å². The fourth-order valence-corrected chi connectivity index (χ4v) is 2.03. The topological polar surface area (TPSA) is 12.0 Å². The van der Waals surface area contributed by atoms with Crippen LogP contribution in [-0.4, -0.2) is 11.4 Å². The molecule has 1 saturated carbocycles. The van der Waals surface area contributed by atoms with Crippen LogP contribution in [0.1, 0.15) is 18.4 Å². The Bertz CT molecular complexity index is 364. The highest BCUT2D eigenvalue weighted by Crippen LogP contribution is 2.36. The maximum Gasteiger partial charge on any atom is 0.146 e. The summed E-state index contributed by atoms with van der Waals surface area (Å²) in [4.78, 5) is 0. The van der Waals surface area contributed by atoms with Crippen molar-refractivity contribution < 1.29 is 4.39 Å². The SMILES string of the molecule is Fc1c(Cl)cccc1CNC1(CCl)CC1. The van der Waals surface area contributed by atoms with E-state index in [2.05, 4.69) is 5.32 Å². The van der Waals surface area contributed by atoms with Gasteiger partial charge in [0.25, 0.3) is 0 Å². The summed E-state index contributed by atoms with van der Waals surface area (Å²) in [6.45, 7) is 0.485. The number of benzene rings is 1. The summed E-state index contributed by atoms with van der Waals surface area (Å²) >= 11 is 11.5. The van der Waals surface area contributed by atoms with Gasteiger partial charge in [-0.1, -0.05) is 23.7 Å². The third-order valence-corrected chi connectivity index (χ3v) is 3.60. The van der Waals surface area contributed by atoms with Crippen LogP contribution in [0.3, 0.4) is 0 Å². The molecule has 0 aliphatic heterocycles. The van der Waals surface area contributed by atoms with Crippen LogP contribution in [0.2, 0.25) is 5.02 Å². The van der Waals surface area contributed by atoms with Crippen molar-refractivity contribution in [1.82, 2.24) is 5.32 Å². The fourth-order valence-electron chi connectivity index (χ4n) is 1.48. The van der Waals surface area contributed by atoms with E-state index in [4.69, 9.17) is 23.2 Å². The van der Waals surface area contributed by atoms with E-state index < -0.39 is 0 Å². The summed E-state index contributed by atoms with van der Waals surface area (Å²) in [6.07, 6.45) is 2.14. The van der Waals surface area contributed by atoms with E-state index in [0.717, 1.165) is 12.8 Å². The Balaban J connectivity index is 2.02. The van der Waals surface area contributed by atoms with E-state index >= 15 is 0 Å². The molecule has 1 aliphatic rings. The lowest BCUT2D eigenvalue weighted by Crippen LogP contribution is -2.32. The van der Waals surface area contributed by atoms with Gasteiger partial charge in [-0.15, -0.1) is 11.6 Å². The zero-order valence-electron chi connectivity index (χ0n) is 8.19. The predicted octanol–water partition coefficient (Wildman–Crippen LogP) is 3.34. The first kappa shape index (κ1) is 11.2. The summed E-state index contributed by atoms with van der Waals surface area (Å²) in [5.41, 5.74) is 0.634. The summed E-state index contributed by atoms with van der Waals surface area (Å²) in [7, 11) is 0. The van der Waals surface area contributed by atoms with Crippen molar-refractivity contribution in [2.45, 2.75) is 24.9 Å². The molecule has 0 radical (unpaired) electrons. The van der Waals surface area contributed by atoms with Crippen LogP contribution in [0.15, 0.2) is 18.2 Å². The second-order valence-electron chi connectivity index (χ2n) is 3.98. The molecule has 2 rings (SSSR count). The minimum atomic E-state index is -0.336. The monoisotopic (exact) mass is 247 g/mol. The van der Waals surface area contributed by atoms with Crippen LogP contribution in [0.5, 0.6) is 0 Å². The molecule has 0 amide bonds. The Morgan fingerprint density at radius 3 is 2.73 bits per heavy atom. The Morgan fingerprint density at radius 2 is 2.13 bits per heavy atom. The molecule has 4 heteroatoms. The molecule has 1 nitrogen and oxygen atoms in total. The first-order chi connectivity index (χ1) is 7.17. The highest BCUT2D eigenvalue weighted by Gasteiger charge is 2.41. The lowest BCUT2D eigenvalue weighted by Gasteiger charge is -2.14. The van der Waals surface area contributed by atoms with E-state index in [9.17, 15) is 4.39 Å². The number of hydrogen-bond donors (Lipinski definition) is 1. The third kappa shape index (κ3) is 2.44. The van der Waals surface area contributed by atoms with Crippen molar-refractivity contribution in [2.75, 3.05) is 5.88 Å². The smallest absolute Gasteiger partial charge is 0.146 e. The lowest BCUT2D eigenvalue weighted by molar-refractivity contribution is 0.522. The van der Waals surface area contributed by atoms with Crippen LogP contribution in [-0.2, 0) is 6.54 Å². The van der Waals surface area contributed by atoms with Gasteiger partial charge in [0, 0.05) is 23.5 Å². The van der Waals surface area contributed by atoms with Gasteiger partial charge in [-0.2, -0.15) is 0 Å². The van der Waals surface area contributed by atoms with Crippen molar-refractivity contribution in [2.24, 2.45) is 0 Å². The Labute approximate surface area is 98.6 Å². The molecule has 82 valence electrons. The second-order valence-corrected chi connectivity index (χ2v) is 4.65. The summed E-state index contributed by atoms with van der Waals surface area (Å²) in [5.74, 6) is 0.242. The number of alkyl halides is 1. The maximum atomic E-state index is 13.5. The first-order valence-corrected chi connectivity index (χ1v) is 5.82. The van der Waals surface area contributed by atoms with E-state index in [1.54, 1.807) is 18.2 Å². The number of halogens is 3. The average Bonchev–Trinajstić information content (AvgIpc) is 3.01. The van der Waals surface area contributed by atoms with Gasteiger partial charge in [-0.25, -0.2) is 4.39 Å². The molecular formula is C11H12Cl2FN. The molecule has 0 atom stereocenters. The van der Waals surface area contributed by atoms with Crippen LogP contribution >= 0.6 is 23.2 Å². The molecule has 1 aromatic carbocycles. The van der Waals surface area contributed by atoms with Gasteiger partial charge in [0.1, 0.15) is 5.82 Å². The lowest BCUT2D eigenvalue weighted by atomic mass is 10.2. The van der Waals surface area contributed by atoms with E-state index in [1.807, 2.05) is 0 Å². The van der Waals surface area contributed by atoms with E-state index in [1.165, 1.54) is 0 Å². The molecule has 0 saturated heterocycles. The van der Waals surface area contributed by atoms with Crippen molar-refractivity contribution >= 4 is 23.2 Å². The van der Waals surface area contributed by atoms with Crippen LogP contribution in [0.25, 0.3) is 0 Å². The highest BCUT2D eigenvalue weighted by atomic mass is 35.5. The quantitative estimate of drug-likeness (QED) is 0.806. The normalized spacial score (nSPS) is 17.8. The van der Waals surface area contributed by atoms with Gasteiger partial charge in [0.2, 0.25) is 0 Å². The Morgan fingerprint density at radius 1 is 1.40 bits per heavy atom. The van der Waals surface area contributed by atoms with Gasteiger partial charge < -0.3 is 5.32 Å². The van der Waals surface area contributed by atoms with Gasteiger partial charge in [-0.05, 0) is 18.9 Å². The summed E-state index contributed by atoms with van der Waals surface area (Å²) in [5, 5.41) is 3.44. The van der Waals surface area contributed by atoms with Crippen LogP contribution in [0.4, 0.5) is 4.39 Å². The van der Waals surface area contributed by atoms with Crippen molar-refractivity contribution in [3.05, 3.63) is 34.6 Å². The Kier molecular flexibility index (Phi) is 3.19. The summed E-state index contributed by atoms with van der Waals surface area (Å²) < 4.78 is 13.5. The molecule has 1 aliphatic carbocycles. The van der Waals surface area contributed by atoms with Gasteiger partial charge in [0.15, 0.2) is 0 Å². The molecular weight excluding hydrogens is 236 g/mol. The minimum Gasteiger partial charge on any atom is -0.306 e. The first-order valence-electron chi connectivity index (χ1n) is 4.91. The van der Waals surface area contributed by atoms with Crippen molar-refractivity contribution in [3.8, 4) is 0 Å². The van der Waals surface area contributed by atoms with Crippen molar-refractivity contribution in [3.63, 3.8) is 0 Å². The molecule has 1 fully saturated rings. The average molecular weight is 248 g/mol. The Hall–Kier alpha value is -0.310. The van der Waals surface area contributed by atoms with Gasteiger partial charge in [-0.3, -0.25) is 0 Å². The molecule has 15 heavy (non-hydrogen) atoms. The number of nitrogens with one attached hydrogen (secondary N) is 1. The van der Waals surface area contributed by atoms with Crippen LogP contribution < -0.4 is 5.32 Å². The molecule has 1 N–H and O–H groups in total. The molecule has 0 unspecified atom stereocenters. The third-order valence-electron chi connectivity index (χ3n) is 2.79. The predicted molar refractivity (Wildman–Crippen MR) is 60.9 cm³/mol. The molecule has 0 bridgehead atoms. The zero-order chi connectivity index (χ0) is 10.9. The highest BCUT2D eigenvalue weighted by molar-refractivity contribution is 6.30. The maximum absolute atomic E-state index is 13.5. The molecule has 0 spiro atoms. The minimum absolute atomic E-state index is 0.0380. The standard InChI is InChI=1S/C11H12Cl2FN/c12-7-11(4-5-11)15-6-8-2-1-3-9(13)10(8)14/h1-3,15H,4-7H2. The molecule has 0 aromatic heterocycles. The van der Waals surface area contributed by atoms with Crippen molar-refractivity contribution in [1.29, 1.82) is 0 Å². The van der Waals surface area contributed by atoms with E-state index in [-0.39, 0.29) is 16.4 Å². The van der Waals surface area contributed by atoms with Crippen LogP contribution in [0, 0.1) is 5.82 Å².